The van der Waals surface area contributed by atoms with Crippen LogP contribution in [0.15, 0.2) is 0 Å². The van der Waals surface area contributed by atoms with Crippen molar-refractivity contribution in [1.29, 1.82) is 0 Å². The first-order chi connectivity index (χ1) is 7.19. The summed E-state index contributed by atoms with van der Waals surface area (Å²) in [5.41, 5.74) is 5.45. The molecule has 1 aliphatic rings. The summed E-state index contributed by atoms with van der Waals surface area (Å²) in [6, 6.07) is 0. The van der Waals surface area contributed by atoms with Crippen molar-refractivity contribution in [3.63, 3.8) is 0 Å². The number of rotatable bonds is 5. The van der Waals surface area contributed by atoms with Crippen LogP contribution in [0.5, 0.6) is 0 Å². The first kappa shape index (κ1) is 12.5. The molecule has 0 radical (unpaired) electrons. The Labute approximate surface area is 93.0 Å². The lowest BCUT2D eigenvalue weighted by molar-refractivity contribution is -0.134. The van der Waals surface area contributed by atoms with E-state index in [-0.39, 0.29) is 5.92 Å². The van der Waals surface area contributed by atoms with Gasteiger partial charge in [0.15, 0.2) is 0 Å². The van der Waals surface area contributed by atoms with Gasteiger partial charge in [-0.05, 0) is 31.7 Å². The largest absolute Gasteiger partial charge is 0.342 e. The summed E-state index contributed by atoms with van der Waals surface area (Å²) in [7, 11) is 0. The van der Waals surface area contributed by atoms with Crippen LogP contribution in [0.25, 0.3) is 0 Å². The molecule has 2 unspecified atom stereocenters. The Hall–Kier alpha value is -0.570. The second kappa shape index (κ2) is 6.11. The van der Waals surface area contributed by atoms with E-state index in [1.54, 1.807) is 0 Å². The lowest BCUT2D eigenvalue weighted by Crippen LogP contribution is -2.33. The Morgan fingerprint density at radius 2 is 2.33 bits per heavy atom. The molecule has 3 heteroatoms. The topological polar surface area (TPSA) is 46.3 Å². The maximum absolute atomic E-state index is 12.0. The number of carbonyl (C=O) groups is 1. The average molecular weight is 212 g/mol. The predicted octanol–water partition coefficient (Wildman–Crippen LogP) is 1.62. The molecule has 1 saturated heterocycles. The standard InChI is InChI=1S/C12H24N2O/c1-3-11-6-8-14(9-11)12(15)10(2)5-4-7-13/h10-11H,3-9,13H2,1-2H3. The molecule has 0 saturated carbocycles. The van der Waals surface area contributed by atoms with Crippen molar-refractivity contribution in [2.24, 2.45) is 17.6 Å². The molecule has 0 aromatic rings. The summed E-state index contributed by atoms with van der Waals surface area (Å²) in [5.74, 6) is 1.22. The lowest BCUT2D eigenvalue weighted by Gasteiger charge is -2.20. The zero-order valence-electron chi connectivity index (χ0n) is 10.0. The third kappa shape index (κ3) is 3.49. The highest BCUT2D eigenvalue weighted by Crippen LogP contribution is 2.21. The molecule has 1 rings (SSSR count). The fraction of sp³-hybridized carbons (Fsp3) is 0.917. The molecular formula is C12H24N2O. The lowest BCUT2D eigenvalue weighted by atomic mass is 10.0. The van der Waals surface area contributed by atoms with E-state index in [0.717, 1.165) is 31.8 Å². The monoisotopic (exact) mass is 212 g/mol. The van der Waals surface area contributed by atoms with Gasteiger partial charge in [0.1, 0.15) is 0 Å². The third-order valence-corrected chi connectivity index (χ3v) is 3.44. The minimum Gasteiger partial charge on any atom is -0.342 e. The highest BCUT2D eigenvalue weighted by Gasteiger charge is 2.27. The van der Waals surface area contributed by atoms with Gasteiger partial charge in [-0.15, -0.1) is 0 Å². The van der Waals surface area contributed by atoms with Gasteiger partial charge in [-0.25, -0.2) is 0 Å². The Kier molecular flexibility index (Phi) is 5.09. The molecule has 0 aromatic heterocycles. The number of nitrogens with zero attached hydrogens (tertiary/aromatic N) is 1. The van der Waals surface area contributed by atoms with Crippen molar-refractivity contribution in [3.8, 4) is 0 Å². The Morgan fingerprint density at radius 1 is 1.60 bits per heavy atom. The summed E-state index contributed by atoms with van der Waals surface area (Å²) in [6.45, 7) is 6.86. The number of nitrogens with two attached hydrogens (primary N) is 1. The second-order valence-corrected chi connectivity index (χ2v) is 4.68. The van der Waals surface area contributed by atoms with Gasteiger partial charge < -0.3 is 10.6 Å². The SMILES string of the molecule is CCC1CCN(C(=O)C(C)CCCN)C1. The molecule has 15 heavy (non-hydrogen) atoms. The van der Waals surface area contributed by atoms with E-state index in [4.69, 9.17) is 5.73 Å². The van der Waals surface area contributed by atoms with Crippen molar-refractivity contribution in [3.05, 3.63) is 0 Å². The maximum atomic E-state index is 12.0. The molecule has 0 aliphatic carbocycles. The highest BCUT2D eigenvalue weighted by molar-refractivity contribution is 5.78. The number of amides is 1. The van der Waals surface area contributed by atoms with Gasteiger partial charge in [0, 0.05) is 19.0 Å². The van der Waals surface area contributed by atoms with Crippen molar-refractivity contribution in [1.82, 2.24) is 4.90 Å². The van der Waals surface area contributed by atoms with E-state index in [2.05, 4.69) is 6.92 Å². The van der Waals surface area contributed by atoms with Crippen LogP contribution < -0.4 is 5.73 Å². The van der Waals surface area contributed by atoms with E-state index >= 15 is 0 Å². The molecule has 88 valence electrons. The summed E-state index contributed by atoms with van der Waals surface area (Å²) >= 11 is 0. The molecule has 3 nitrogen and oxygen atoms in total. The molecule has 0 spiro atoms. The minimum atomic E-state index is 0.157. The van der Waals surface area contributed by atoms with Gasteiger partial charge in [0.2, 0.25) is 5.91 Å². The van der Waals surface area contributed by atoms with Gasteiger partial charge in [-0.1, -0.05) is 20.3 Å². The maximum Gasteiger partial charge on any atom is 0.225 e. The van der Waals surface area contributed by atoms with Gasteiger partial charge in [0.05, 0.1) is 0 Å². The van der Waals surface area contributed by atoms with Crippen LogP contribution in [0.4, 0.5) is 0 Å². The zero-order chi connectivity index (χ0) is 11.3. The van der Waals surface area contributed by atoms with Crippen molar-refractivity contribution >= 4 is 5.91 Å². The van der Waals surface area contributed by atoms with Crippen LogP contribution in [0, 0.1) is 11.8 Å². The first-order valence-electron chi connectivity index (χ1n) is 6.17. The van der Waals surface area contributed by atoms with Gasteiger partial charge in [0.25, 0.3) is 0 Å². The van der Waals surface area contributed by atoms with E-state index in [9.17, 15) is 4.79 Å². The summed E-state index contributed by atoms with van der Waals surface area (Å²) in [6.07, 6.45) is 4.27. The van der Waals surface area contributed by atoms with Crippen LogP contribution in [-0.2, 0) is 4.79 Å². The van der Waals surface area contributed by atoms with Crippen molar-refractivity contribution < 1.29 is 4.79 Å². The molecule has 1 aliphatic heterocycles. The summed E-state index contributed by atoms with van der Waals surface area (Å²) in [5, 5.41) is 0. The van der Waals surface area contributed by atoms with E-state index < -0.39 is 0 Å². The molecule has 0 bridgehead atoms. The van der Waals surface area contributed by atoms with Gasteiger partial charge in [-0.2, -0.15) is 0 Å². The van der Waals surface area contributed by atoms with Crippen LogP contribution in [-0.4, -0.2) is 30.4 Å². The van der Waals surface area contributed by atoms with Crippen molar-refractivity contribution in [2.75, 3.05) is 19.6 Å². The van der Waals surface area contributed by atoms with Crippen molar-refractivity contribution in [2.45, 2.75) is 39.5 Å². The number of likely N-dealkylation sites (tertiary alicyclic amines) is 1. The Bertz CT molecular complexity index is 206. The summed E-state index contributed by atoms with van der Waals surface area (Å²) in [4.78, 5) is 14.0. The van der Waals surface area contributed by atoms with Gasteiger partial charge >= 0.3 is 0 Å². The van der Waals surface area contributed by atoms with Crippen LogP contribution in [0.2, 0.25) is 0 Å². The molecule has 1 heterocycles. The highest BCUT2D eigenvalue weighted by atomic mass is 16.2. The quantitative estimate of drug-likeness (QED) is 0.752. The average Bonchev–Trinajstić information content (AvgIpc) is 2.73. The number of hydrogen-bond acceptors (Lipinski definition) is 2. The first-order valence-corrected chi connectivity index (χ1v) is 6.17. The Balaban J connectivity index is 2.33. The third-order valence-electron chi connectivity index (χ3n) is 3.44. The number of hydrogen-bond donors (Lipinski definition) is 1. The summed E-state index contributed by atoms with van der Waals surface area (Å²) < 4.78 is 0. The smallest absolute Gasteiger partial charge is 0.225 e. The number of carbonyl (C=O) groups excluding carboxylic acids is 1. The molecule has 0 aromatic carbocycles. The second-order valence-electron chi connectivity index (χ2n) is 4.68. The normalized spacial score (nSPS) is 23.1. The molecule has 1 amide bonds. The van der Waals surface area contributed by atoms with Gasteiger partial charge in [-0.3, -0.25) is 4.79 Å². The predicted molar refractivity (Wildman–Crippen MR) is 62.4 cm³/mol. The van der Waals surface area contributed by atoms with E-state index in [1.165, 1.54) is 12.8 Å². The molecule has 2 N–H and O–H groups in total. The van der Waals surface area contributed by atoms with E-state index in [1.807, 2.05) is 11.8 Å². The van der Waals surface area contributed by atoms with E-state index in [0.29, 0.717) is 12.5 Å². The van der Waals surface area contributed by atoms with Crippen LogP contribution in [0.3, 0.4) is 0 Å². The fourth-order valence-electron chi connectivity index (χ4n) is 2.23. The Morgan fingerprint density at radius 3 is 2.87 bits per heavy atom. The van der Waals surface area contributed by atoms with Crippen LogP contribution >= 0.6 is 0 Å². The molecule has 2 atom stereocenters. The molecule has 1 fully saturated rings. The van der Waals surface area contributed by atoms with Crippen LogP contribution in [0.1, 0.15) is 39.5 Å². The minimum absolute atomic E-state index is 0.157. The zero-order valence-corrected chi connectivity index (χ0v) is 10.0. The molecular weight excluding hydrogens is 188 g/mol. The fourth-order valence-corrected chi connectivity index (χ4v) is 2.23.